The Labute approximate surface area is 94.3 Å². The van der Waals surface area contributed by atoms with Crippen molar-refractivity contribution in [1.82, 2.24) is 0 Å². The van der Waals surface area contributed by atoms with Crippen molar-refractivity contribution in [2.75, 3.05) is 7.11 Å². The topological polar surface area (TPSA) is 76.4 Å². The molecule has 2 atom stereocenters. The van der Waals surface area contributed by atoms with Crippen molar-refractivity contribution in [3.63, 3.8) is 0 Å². The molecule has 0 spiro atoms. The van der Waals surface area contributed by atoms with Crippen LogP contribution in [0.5, 0.6) is 0 Å². The van der Waals surface area contributed by atoms with Gasteiger partial charge in [0.2, 0.25) is 0 Å². The van der Waals surface area contributed by atoms with E-state index in [1.165, 1.54) is 7.11 Å². The maximum absolute atomic E-state index is 11.8. The molecule has 0 bridgehead atoms. The zero-order chi connectivity index (χ0) is 12.6. The van der Waals surface area contributed by atoms with Crippen LogP contribution in [0.25, 0.3) is 0 Å². The molecule has 0 aromatic rings. The van der Waals surface area contributed by atoms with Crippen LogP contribution in [-0.2, 0) is 19.1 Å². The first kappa shape index (κ1) is 12.5. The van der Waals surface area contributed by atoms with Crippen LogP contribution in [0.1, 0.15) is 27.2 Å². The maximum Gasteiger partial charge on any atom is 0.327 e. The molecule has 5 nitrogen and oxygen atoms in total. The lowest BCUT2D eigenvalue weighted by molar-refractivity contribution is -0.162. The number of esters is 2. The van der Waals surface area contributed by atoms with Gasteiger partial charge in [-0.15, -0.1) is 0 Å². The lowest BCUT2D eigenvalue weighted by Crippen LogP contribution is -2.31. The summed E-state index contributed by atoms with van der Waals surface area (Å²) in [6, 6.07) is 1.86. The zero-order valence-electron chi connectivity index (χ0n) is 9.86. The van der Waals surface area contributed by atoms with Crippen LogP contribution < -0.4 is 0 Å². The minimum atomic E-state index is -1.33. The summed E-state index contributed by atoms with van der Waals surface area (Å²) in [5.41, 5.74) is -2.00. The van der Waals surface area contributed by atoms with Gasteiger partial charge in [0.25, 0.3) is 0 Å². The third kappa shape index (κ3) is 2.16. The molecule has 1 aliphatic rings. The van der Waals surface area contributed by atoms with Crippen molar-refractivity contribution in [3.05, 3.63) is 0 Å². The van der Waals surface area contributed by atoms with Crippen molar-refractivity contribution in [2.45, 2.75) is 32.8 Å². The predicted molar refractivity (Wildman–Crippen MR) is 54.0 cm³/mol. The van der Waals surface area contributed by atoms with E-state index in [9.17, 15) is 9.59 Å². The van der Waals surface area contributed by atoms with Gasteiger partial charge in [0.05, 0.1) is 19.1 Å². The maximum atomic E-state index is 11.8. The van der Waals surface area contributed by atoms with Crippen LogP contribution in [0.15, 0.2) is 0 Å². The van der Waals surface area contributed by atoms with Gasteiger partial charge in [-0.2, -0.15) is 5.26 Å². The molecular weight excluding hydrogens is 210 g/mol. The summed E-state index contributed by atoms with van der Waals surface area (Å²) in [5.74, 6) is -1.86. The molecular formula is C11H15NO4. The second kappa shape index (κ2) is 3.78. The Bertz CT molecular complexity index is 363. The molecule has 5 heteroatoms. The van der Waals surface area contributed by atoms with E-state index in [2.05, 4.69) is 4.74 Å². The molecule has 2 unspecified atom stereocenters. The first-order valence-electron chi connectivity index (χ1n) is 4.99. The summed E-state index contributed by atoms with van der Waals surface area (Å²) in [7, 11) is 1.23. The van der Waals surface area contributed by atoms with Crippen molar-refractivity contribution >= 4 is 11.9 Å². The van der Waals surface area contributed by atoms with Gasteiger partial charge in [0.1, 0.15) is 5.60 Å². The van der Waals surface area contributed by atoms with E-state index in [1.807, 2.05) is 6.07 Å². The molecule has 1 rings (SSSR count). The van der Waals surface area contributed by atoms with E-state index in [0.29, 0.717) is 0 Å². The number of nitrogens with zero attached hydrogens (tertiary/aromatic N) is 1. The third-order valence-corrected chi connectivity index (χ3v) is 2.41. The largest absolute Gasteiger partial charge is 0.469 e. The Hall–Kier alpha value is -1.57. The smallest absolute Gasteiger partial charge is 0.327 e. The van der Waals surface area contributed by atoms with Gasteiger partial charge in [-0.1, -0.05) is 0 Å². The van der Waals surface area contributed by atoms with Crippen molar-refractivity contribution in [2.24, 2.45) is 11.3 Å². The van der Waals surface area contributed by atoms with Crippen LogP contribution in [0.3, 0.4) is 0 Å². The van der Waals surface area contributed by atoms with Crippen LogP contribution in [0, 0.1) is 22.7 Å². The molecule has 1 saturated carbocycles. The van der Waals surface area contributed by atoms with Crippen LogP contribution in [0.2, 0.25) is 0 Å². The van der Waals surface area contributed by atoms with Gasteiger partial charge in [-0.25, -0.2) is 0 Å². The minimum Gasteiger partial charge on any atom is -0.469 e. The fourth-order valence-corrected chi connectivity index (χ4v) is 1.45. The van der Waals surface area contributed by atoms with Gasteiger partial charge in [0, 0.05) is 0 Å². The molecule has 0 N–H and O–H groups in total. The quantitative estimate of drug-likeness (QED) is 0.656. The SMILES string of the molecule is COC(=O)C1CC1(C#N)C(=O)OC(C)(C)C. The second-order valence-electron chi connectivity index (χ2n) is 4.86. The molecule has 0 radical (unpaired) electrons. The molecule has 0 amide bonds. The fraction of sp³-hybridized carbons (Fsp3) is 0.727. The van der Waals surface area contributed by atoms with E-state index >= 15 is 0 Å². The first-order valence-corrected chi connectivity index (χ1v) is 4.99. The fourth-order valence-electron chi connectivity index (χ4n) is 1.45. The van der Waals surface area contributed by atoms with Crippen LogP contribution in [0.4, 0.5) is 0 Å². The zero-order valence-corrected chi connectivity index (χ0v) is 9.86. The molecule has 1 fully saturated rings. The number of methoxy groups -OCH3 is 1. The van der Waals surface area contributed by atoms with E-state index < -0.39 is 28.9 Å². The summed E-state index contributed by atoms with van der Waals surface area (Å²) in [5, 5.41) is 8.98. The number of rotatable bonds is 2. The first-order chi connectivity index (χ1) is 7.27. The van der Waals surface area contributed by atoms with Gasteiger partial charge in [-0.3, -0.25) is 9.59 Å². The Morgan fingerprint density at radius 3 is 2.38 bits per heavy atom. The van der Waals surface area contributed by atoms with Gasteiger partial charge >= 0.3 is 11.9 Å². The Morgan fingerprint density at radius 1 is 1.44 bits per heavy atom. The highest BCUT2D eigenvalue weighted by molar-refractivity contribution is 5.93. The highest BCUT2D eigenvalue weighted by Gasteiger charge is 2.67. The summed E-state index contributed by atoms with van der Waals surface area (Å²) in [6.45, 7) is 5.14. The summed E-state index contributed by atoms with van der Waals surface area (Å²) < 4.78 is 9.63. The van der Waals surface area contributed by atoms with E-state index in [1.54, 1.807) is 20.8 Å². The Kier molecular flexibility index (Phi) is 2.95. The van der Waals surface area contributed by atoms with Crippen molar-refractivity contribution in [1.29, 1.82) is 5.26 Å². The average molecular weight is 225 g/mol. The summed E-state index contributed by atoms with van der Waals surface area (Å²) in [4.78, 5) is 23.0. The lowest BCUT2D eigenvalue weighted by atomic mass is 10.1. The normalized spacial score (nSPS) is 27.8. The number of carbonyl (C=O) groups is 2. The molecule has 1 aliphatic carbocycles. The van der Waals surface area contributed by atoms with Crippen LogP contribution >= 0.6 is 0 Å². The second-order valence-corrected chi connectivity index (χ2v) is 4.86. The third-order valence-electron chi connectivity index (χ3n) is 2.41. The number of ether oxygens (including phenoxy) is 2. The van der Waals surface area contributed by atoms with E-state index in [-0.39, 0.29) is 6.42 Å². The Balaban J connectivity index is 2.76. The number of hydrogen-bond donors (Lipinski definition) is 0. The van der Waals surface area contributed by atoms with E-state index in [0.717, 1.165) is 0 Å². The predicted octanol–water partition coefficient (Wildman–Crippen LogP) is 1.03. The molecule has 0 aromatic carbocycles. The van der Waals surface area contributed by atoms with Crippen molar-refractivity contribution < 1.29 is 19.1 Å². The average Bonchev–Trinajstić information content (AvgIpc) is 2.90. The number of nitriles is 1. The van der Waals surface area contributed by atoms with Gasteiger partial charge < -0.3 is 9.47 Å². The summed E-state index contributed by atoms with van der Waals surface area (Å²) >= 11 is 0. The molecule has 88 valence electrons. The minimum absolute atomic E-state index is 0.186. The monoisotopic (exact) mass is 225 g/mol. The standard InChI is InChI=1S/C11H15NO4/c1-10(2,3)16-9(14)11(6-12)5-7(11)8(13)15-4/h7H,5H2,1-4H3. The highest BCUT2D eigenvalue weighted by atomic mass is 16.6. The molecule has 0 aliphatic heterocycles. The van der Waals surface area contributed by atoms with Crippen molar-refractivity contribution in [3.8, 4) is 6.07 Å². The number of carbonyl (C=O) groups excluding carboxylic acids is 2. The van der Waals surface area contributed by atoms with Crippen LogP contribution in [-0.4, -0.2) is 24.6 Å². The summed E-state index contributed by atoms with van der Waals surface area (Å²) in [6.07, 6.45) is 0.186. The highest BCUT2D eigenvalue weighted by Crippen LogP contribution is 2.54. The molecule has 16 heavy (non-hydrogen) atoms. The molecule has 0 aromatic heterocycles. The molecule has 0 heterocycles. The van der Waals surface area contributed by atoms with Gasteiger partial charge in [-0.05, 0) is 27.2 Å². The lowest BCUT2D eigenvalue weighted by Gasteiger charge is -2.21. The number of hydrogen-bond acceptors (Lipinski definition) is 5. The van der Waals surface area contributed by atoms with Gasteiger partial charge in [0.15, 0.2) is 5.41 Å². The van der Waals surface area contributed by atoms with E-state index in [4.69, 9.17) is 10.00 Å². The molecule has 0 saturated heterocycles. The Morgan fingerprint density at radius 2 is 2.00 bits per heavy atom.